The quantitative estimate of drug-likeness (QED) is 0.160. The van der Waals surface area contributed by atoms with Crippen LogP contribution in [-0.4, -0.2) is 0 Å². The van der Waals surface area contributed by atoms with Crippen molar-refractivity contribution in [2.75, 3.05) is 4.90 Å². The monoisotopic (exact) mass is 789 g/mol. The summed E-state index contributed by atoms with van der Waals surface area (Å²) in [6, 6.07) is 85.5. The molecule has 0 saturated heterocycles. The lowest BCUT2D eigenvalue weighted by atomic mass is 9.97. The highest BCUT2D eigenvalue weighted by atomic mass is 16.3. The van der Waals surface area contributed by atoms with Crippen molar-refractivity contribution in [1.29, 1.82) is 0 Å². The van der Waals surface area contributed by atoms with Crippen molar-refractivity contribution in [3.05, 3.63) is 237 Å². The van der Waals surface area contributed by atoms with E-state index in [-0.39, 0.29) is 0 Å². The Morgan fingerprint density at radius 3 is 1.34 bits per heavy atom. The summed E-state index contributed by atoms with van der Waals surface area (Å²) in [5.74, 6) is 0. The predicted molar refractivity (Wildman–Crippen MR) is 263 cm³/mol. The van der Waals surface area contributed by atoms with Crippen molar-refractivity contribution in [2.24, 2.45) is 0 Å². The molecular formula is C60H39NO. The first-order valence-corrected chi connectivity index (χ1v) is 21.2. The minimum absolute atomic E-state index is 0.897. The van der Waals surface area contributed by atoms with E-state index >= 15 is 0 Å². The second-order valence-electron chi connectivity index (χ2n) is 16.1. The fourth-order valence-corrected chi connectivity index (χ4v) is 9.25. The number of nitrogens with zero attached hydrogens (tertiary/aromatic N) is 1. The summed E-state index contributed by atoms with van der Waals surface area (Å²) in [6.45, 7) is 0. The van der Waals surface area contributed by atoms with E-state index in [2.05, 4.69) is 241 Å². The first-order chi connectivity index (χ1) is 30.7. The Balaban J connectivity index is 0.921. The van der Waals surface area contributed by atoms with Crippen LogP contribution in [0.5, 0.6) is 0 Å². The van der Waals surface area contributed by atoms with Crippen LogP contribution in [0.3, 0.4) is 0 Å². The van der Waals surface area contributed by atoms with E-state index in [1.807, 2.05) is 0 Å². The van der Waals surface area contributed by atoms with E-state index in [1.54, 1.807) is 0 Å². The fourth-order valence-electron chi connectivity index (χ4n) is 9.25. The number of fused-ring (bicyclic) bond motifs is 7. The molecule has 0 aliphatic carbocycles. The average Bonchev–Trinajstić information content (AvgIpc) is 3.74. The molecule has 2 heteroatoms. The first kappa shape index (κ1) is 35.7. The zero-order valence-corrected chi connectivity index (χ0v) is 33.9. The second kappa shape index (κ2) is 14.8. The predicted octanol–water partition coefficient (Wildman–Crippen LogP) is 17.2. The third-order valence-electron chi connectivity index (χ3n) is 12.4. The highest BCUT2D eigenvalue weighted by Gasteiger charge is 2.17. The van der Waals surface area contributed by atoms with E-state index < -0.39 is 0 Å². The van der Waals surface area contributed by atoms with Gasteiger partial charge >= 0.3 is 0 Å². The summed E-state index contributed by atoms with van der Waals surface area (Å²) in [7, 11) is 0. The van der Waals surface area contributed by atoms with Crippen molar-refractivity contribution in [3.63, 3.8) is 0 Å². The van der Waals surface area contributed by atoms with Crippen LogP contribution in [0.15, 0.2) is 241 Å². The van der Waals surface area contributed by atoms with Crippen LogP contribution in [0.4, 0.5) is 17.1 Å². The summed E-state index contributed by atoms with van der Waals surface area (Å²) in [4.78, 5) is 2.35. The SMILES string of the molecule is c1cc(-c2ccc(N(c3ccc(-c4ccc5ccccc5c4)cc3)c3ccc(-c4cccc5oc6c7ccccc7ccc6c45)cc3)cc2)cc(-c2ccc3ccccc3c2)c1. The van der Waals surface area contributed by atoms with Gasteiger partial charge in [0.05, 0.1) is 0 Å². The molecule has 0 radical (unpaired) electrons. The van der Waals surface area contributed by atoms with Gasteiger partial charge in [0.2, 0.25) is 0 Å². The van der Waals surface area contributed by atoms with Gasteiger partial charge in [0.15, 0.2) is 0 Å². The summed E-state index contributed by atoms with van der Waals surface area (Å²) < 4.78 is 6.55. The Labute approximate surface area is 360 Å². The van der Waals surface area contributed by atoms with Gasteiger partial charge in [0, 0.05) is 33.2 Å². The normalized spacial score (nSPS) is 11.5. The molecular weight excluding hydrogens is 751 g/mol. The number of anilines is 3. The minimum Gasteiger partial charge on any atom is -0.455 e. The lowest BCUT2D eigenvalue weighted by Crippen LogP contribution is -2.09. The van der Waals surface area contributed by atoms with Crippen LogP contribution in [0.1, 0.15) is 0 Å². The topological polar surface area (TPSA) is 16.4 Å². The van der Waals surface area contributed by atoms with Crippen LogP contribution < -0.4 is 4.90 Å². The van der Waals surface area contributed by atoms with Gasteiger partial charge in [-0.25, -0.2) is 0 Å². The molecule has 12 rings (SSSR count). The molecule has 12 aromatic rings. The Bertz CT molecular complexity index is 3620. The standard InChI is InChI=1S/C60H39NO/c1-3-12-46-38-50(21-19-40(46)9-1)43-25-32-53(33-26-43)61(52-30-23-42(24-31-52)48-14-7-15-49(37-48)51-22-20-41-10-2-4-13-47(41)39-51)54-34-27-45(28-35-54)55-17-8-18-58-59(55)57-36-29-44-11-5-6-16-56(44)60(57)62-58/h1-39H. The molecule has 2 nitrogen and oxygen atoms in total. The third kappa shape index (κ3) is 6.29. The van der Waals surface area contributed by atoms with Gasteiger partial charge in [0.25, 0.3) is 0 Å². The largest absolute Gasteiger partial charge is 0.455 e. The molecule has 0 atom stereocenters. The molecule has 1 heterocycles. The van der Waals surface area contributed by atoms with Crippen molar-refractivity contribution in [2.45, 2.75) is 0 Å². The van der Waals surface area contributed by atoms with Gasteiger partial charge in [-0.1, -0.05) is 170 Å². The Morgan fingerprint density at radius 2 is 0.726 bits per heavy atom. The average molecular weight is 790 g/mol. The van der Waals surface area contributed by atoms with Crippen molar-refractivity contribution in [1.82, 2.24) is 0 Å². The maximum atomic E-state index is 6.55. The summed E-state index contributed by atoms with van der Waals surface area (Å²) >= 11 is 0. The molecule has 62 heavy (non-hydrogen) atoms. The van der Waals surface area contributed by atoms with Gasteiger partial charge in [-0.3, -0.25) is 0 Å². The zero-order valence-electron chi connectivity index (χ0n) is 33.9. The molecule has 0 saturated carbocycles. The minimum atomic E-state index is 0.897. The highest BCUT2D eigenvalue weighted by molar-refractivity contribution is 6.19. The fraction of sp³-hybridized carbons (Fsp3) is 0. The zero-order chi connectivity index (χ0) is 41.0. The third-order valence-corrected chi connectivity index (χ3v) is 12.4. The van der Waals surface area contributed by atoms with Crippen LogP contribution in [0.2, 0.25) is 0 Å². The summed E-state index contributed by atoms with van der Waals surface area (Å²) in [5, 5.41) is 9.58. The molecule has 290 valence electrons. The first-order valence-electron chi connectivity index (χ1n) is 21.2. The molecule has 0 aliphatic heterocycles. The van der Waals surface area contributed by atoms with Crippen LogP contribution in [-0.2, 0) is 0 Å². The molecule has 1 aromatic heterocycles. The van der Waals surface area contributed by atoms with Gasteiger partial charge in [-0.2, -0.15) is 0 Å². The Morgan fingerprint density at radius 1 is 0.274 bits per heavy atom. The van der Waals surface area contributed by atoms with Crippen molar-refractivity contribution < 1.29 is 4.42 Å². The molecule has 0 N–H and O–H groups in total. The lowest BCUT2D eigenvalue weighted by Gasteiger charge is -2.26. The van der Waals surface area contributed by atoms with Crippen molar-refractivity contribution >= 4 is 71.3 Å². The van der Waals surface area contributed by atoms with E-state index in [0.29, 0.717) is 0 Å². The number of rotatable bonds is 7. The van der Waals surface area contributed by atoms with Gasteiger partial charge < -0.3 is 9.32 Å². The molecule has 0 aliphatic rings. The molecule has 0 fully saturated rings. The molecule has 11 aromatic carbocycles. The molecule has 0 unspecified atom stereocenters. The number of benzene rings is 11. The Hall–Kier alpha value is -8.20. The van der Waals surface area contributed by atoms with Gasteiger partial charge in [-0.05, 0) is 138 Å². The van der Waals surface area contributed by atoms with E-state index in [4.69, 9.17) is 4.42 Å². The summed E-state index contributed by atoms with van der Waals surface area (Å²) in [6.07, 6.45) is 0. The number of hydrogen-bond acceptors (Lipinski definition) is 2. The smallest absolute Gasteiger partial charge is 0.143 e. The van der Waals surface area contributed by atoms with Crippen LogP contribution in [0.25, 0.3) is 98.8 Å². The van der Waals surface area contributed by atoms with Crippen molar-refractivity contribution in [3.8, 4) is 44.5 Å². The van der Waals surface area contributed by atoms with Gasteiger partial charge in [0.1, 0.15) is 11.2 Å². The van der Waals surface area contributed by atoms with E-state index in [9.17, 15) is 0 Å². The number of furan rings is 1. The second-order valence-corrected chi connectivity index (χ2v) is 16.1. The highest BCUT2D eigenvalue weighted by Crippen LogP contribution is 2.42. The van der Waals surface area contributed by atoms with E-state index in [0.717, 1.165) is 55.5 Å². The molecule has 0 spiro atoms. The van der Waals surface area contributed by atoms with E-state index in [1.165, 1.54) is 60.3 Å². The molecule has 0 amide bonds. The number of hydrogen-bond donors (Lipinski definition) is 0. The molecule has 0 bridgehead atoms. The summed E-state index contributed by atoms with van der Waals surface area (Å²) in [5.41, 5.74) is 14.6. The maximum absolute atomic E-state index is 6.55. The maximum Gasteiger partial charge on any atom is 0.143 e. The van der Waals surface area contributed by atoms with Crippen LogP contribution in [0, 0.1) is 0 Å². The lowest BCUT2D eigenvalue weighted by molar-refractivity contribution is 0.673. The van der Waals surface area contributed by atoms with Gasteiger partial charge in [-0.15, -0.1) is 0 Å². The Kier molecular flexibility index (Phi) is 8.53. The van der Waals surface area contributed by atoms with Crippen LogP contribution >= 0.6 is 0 Å².